The summed E-state index contributed by atoms with van der Waals surface area (Å²) in [6.45, 7) is 2.99. The summed E-state index contributed by atoms with van der Waals surface area (Å²) in [5.74, 6) is 2.27. The third kappa shape index (κ3) is 3.28. The van der Waals surface area contributed by atoms with Crippen LogP contribution in [0.15, 0.2) is 6.07 Å². The van der Waals surface area contributed by atoms with Crippen LogP contribution in [0.25, 0.3) is 0 Å². The molecule has 2 fully saturated rings. The van der Waals surface area contributed by atoms with Crippen LogP contribution in [0.3, 0.4) is 0 Å². The number of aromatic nitrogens is 2. The number of likely N-dealkylation sites (N-methyl/N-ethyl adjacent to an activating group) is 1. The molecule has 0 aromatic carbocycles. The maximum absolute atomic E-state index is 11.5. The van der Waals surface area contributed by atoms with Gasteiger partial charge in [-0.25, -0.2) is 8.42 Å². The molecule has 1 aromatic rings. The van der Waals surface area contributed by atoms with Crippen LogP contribution >= 0.6 is 0 Å². The van der Waals surface area contributed by atoms with Crippen LogP contribution in [-0.2, 0) is 22.7 Å². The van der Waals surface area contributed by atoms with E-state index in [4.69, 9.17) is 0 Å². The average Bonchev–Trinajstić information content (AvgIpc) is 2.95. The Balaban J connectivity index is 1.28. The van der Waals surface area contributed by atoms with Crippen molar-refractivity contribution in [3.63, 3.8) is 0 Å². The second-order valence-corrected chi connectivity index (χ2v) is 9.93. The Hall–Kier alpha value is -1.21. The van der Waals surface area contributed by atoms with E-state index in [1.807, 2.05) is 0 Å². The lowest BCUT2D eigenvalue weighted by Crippen LogP contribution is -2.59. The third-order valence-corrected chi connectivity index (χ3v) is 7.55. The van der Waals surface area contributed by atoms with Gasteiger partial charge in [0.15, 0.2) is 5.82 Å². The van der Waals surface area contributed by atoms with Crippen molar-refractivity contribution in [1.82, 2.24) is 15.1 Å². The SMILES string of the molecule is CN(CC1CCS(=O)(=O)CC1)C1CN(c2cc3c(nn2)CCC3)C1. The van der Waals surface area contributed by atoms with E-state index in [2.05, 4.69) is 33.1 Å². The molecular weight excluding hydrogens is 324 g/mol. The molecule has 1 aromatic heterocycles. The Morgan fingerprint density at radius 1 is 1.21 bits per heavy atom. The molecule has 2 saturated heterocycles. The van der Waals surface area contributed by atoms with E-state index in [0.29, 0.717) is 23.5 Å². The largest absolute Gasteiger partial charge is 0.352 e. The second kappa shape index (κ2) is 6.26. The Kier molecular flexibility index (Phi) is 4.24. The molecule has 0 N–H and O–H groups in total. The first kappa shape index (κ1) is 16.3. The highest BCUT2D eigenvalue weighted by atomic mass is 32.2. The van der Waals surface area contributed by atoms with Crippen molar-refractivity contribution in [2.45, 2.75) is 38.1 Å². The van der Waals surface area contributed by atoms with Crippen LogP contribution in [0.1, 0.15) is 30.5 Å². The summed E-state index contributed by atoms with van der Waals surface area (Å²) in [7, 11) is -0.589. The van der Waals surface area contributed by atoms with Gasteiger partial charge in [0.2, 0.25) is 0 Å². The number of rotatable bonds is 4. The fourth-order valence-electron chi connectivity index (χ4n) is 4.07. The molecule has 0 radical (unpaired) electrons. The van der Waals surface area contributed by atoms with Crippen LogP contribution < -0.4 is 4.90 Å². The predicted molar refractivity (Wildman–Crippen MR) is 94.1 cm³/mol. The van der Waals surface area contributed by atoms with E-state index >= 15 is 0 Å². The Labute approximate surface area is 144 Å². The summed E-state index contributed by atoms with van der Waals surface area (Å²) in [4.78, 5) is 4.71. The molecular formula is C17H26N4O2S. The summed E-state index contributed by atoms with van der Waals surface area (Å²) in [6.07, 6.45) is 5.06. The lowest BCUT2D eigenvalue weighted by atomic mass is 10.00. The van der Waals surface area contributed by atoms with Crippen molar-refractivity contribution in [3.8, 4) is 0 Å². The first-order chi connectivity index (χ1) is 11.5. The third-order valence-electron chi connectivity index (χ3n) is 5.84. The first-order valence-corrected chi connectivity index (χ1v) is 10.8. The van der Waals surface area contributed by atoms with E-state index in [1.54, 1.807) is 0 Å². The highest BCUT2D eigenvalue weighted by Crippen LogP contribution is 2.27. The molecule has 132 valence electrons. The van der Waals surface area contributed by atoms with Crippen LogP contribution in [0.5, 0.6) is 0 Å². The van der Waals surface area contributed by atoms with Crippen molar-refractivity contribution >= 4 is 15.7 Å². The summed E-state index contributed by atoms with van der Waals surface area (Å²) in [6, 6.07) is 2.76. The number of aryl methyl sites for hydroxylation is 2. The molecule has 24 heavy (non-hydrogen) atoms. The number of sulfone groups is 1. The topological polar surface area (TPSA) is 66.4 Å². The van der Waals surface area contributed by atoms with Gasteiger partial charge in [-0.2, -0.15) is 5.10 Å². The molecule has 0 atom stereocenters. The van der Waals surface area contributed by atoms with Crippen molar-refractivity contribution in [2.75, 3.05) is 43.1 Å². The van der Waals surface area contributed by atoms with E-state index in [-0.39, 0.29) is 0 Å². The minimum atomic E-state index is -2.76. The second-order valence-electron chi connectivity index (χ2n) is 7.62. The van der Waals surface area contributed by atoms with E-state index in [9.17, 15) is 8.42 Å². The molecule has 7 heteroatoms. The van der Waals surface area contributed by atoms with Crippen LogP contribution in [0, 0.1) is 5.92 Å². The van der Waals surface area contributed by atoms with E-state index in [0.717, 1.165) is 51.1 Å². The molecule has 0 spiro atoms. The fraction of sp³-hybridized carbons (Fsp3) is 0.765. The lowest BCUT2D eigenvalue weighted by Gasteiger charge is -2.45. The smallest absolute Gasteiger partial charge is 0.151 e. The van der Waals surface area contributed by atoms with Crippen LogP contribution in [0.4, 0.5) is 5.82 Å². The number of fused-ring (bicyclic) bond motifs is 1. The summed E-state index contributed by atoms with van der Waals surface area (Å²) in [5.41, 5.74) is 2.56. The predicted octanol–water partition coefficient (Wildman–Crippen LogP) is 0.910. The van der Waals surface area contributed by atoms with Crippen LogP contribution in [-0.4, -0.2) is 67.7 Å². The van der Waals surface area contributed by atoms with Crippen molar-refractivity contribution in [2.24, 2.45) is 5.92 Å². The van der Waals surface area contributed by atoms with Crippen LogP contribution in [0.2, 0.25) is 0 Å². The zero-order valence-corrected chi connectivity index (χ0v) is 15.1. The van der Waals surface area contributed by atoms with E-state index in [1.165, 1.54) is 17.7 Å². The number of hydrogen-bond acceptors (Lipinski definition) is 6. The van der Waals surface area contributed by atoms with Gasteiger partial charge in [-0.1, -0.05) is 0 Å². The zero-order valence-electron chi connectivity index (χ0n) is 14.3. The van der Waals surface area contributed by atoms with Gasteiger partial charge in [-0.3, -0.25) is 4.90 Å². The van der Waals surface area contributed by atoms with Gasteiger partial charge < -0.3 is 4.90 Å². The molecule has 0 bridgehead atoms. The lowest BCUT2D eigenvalue weighted by molar-refractivity contribution is 0.171. The van der Waals surface area contributed by atoms with Gasteiger partial charge in [0, 0.05) is 25.7 Å². The molecule has 0 saturated carbocycles. The quantitative estimate of drug-likeness (QED) is 0.804. The highest BCUT2D eigenvalue weighted by Gasteiger charge is 2.33. The molecule has 2 aliphatic heterocycles. The minimum Gasteiger partial charge on any atom is -0.352 e. The molecule has 3 aliphatic rings. The molecule has 3 heterocycles. The van der Waals surface area contributed by atoms with Crippen molar-refractivity contribution < 1.29 is 8.42 Å². The number of hydrogen-bond donors (Lipinski definition) is 0. The molecule has 4 rings (SSSR count). The molecule has 6 nitrogen and oxygen atoms in total. The maximum Gasteiger partial charge on any atom is 0.151 e. The molecule has 0 unspecified atom stereocenters. The maximum atomic E-state index is 11.5. The van der Waals surface area contributed by atoms with E-state index < -0.39 is 9.84 Å². The Morgan fingerprint density at radius 3 is 2.71 bits per heavy atom. The highest BCUT2D eigenvalue weighted by molar-refractivity contribution is 7.91. The Morgan fingerprint density at radius 2 is 1.96 bits per heavy atom. The minimum absolute atomic E-state index is 0.368. The summed E-state index contributed by atoms with van der Waals surface area (Å²) in [5, 5.41) is 8.77. The Bertz CT molecular complexity index is 701. The summed E-state index contributed by atoms with van der Waals surface area (Å²) < 4.78 is 23.1. The van der Waals surface area contributed by atoms with Gasteiger partial charge in [-0.05, 0) is 56.7 Å². The zero-order chi connectivity index (χ0) is 16.7. The van der Waals surface area contributed by atoms with Crippen molar-refractivity contribution in [1.29, 1.82) is 0 Å². The first-order valence-electron chi connectivity index (χ1n) is 9.01. The average molecular weight is 350 g/mol. The molecule has 1 aliphatic carbocycles. The standard InChI is InChI=1S/C17H26N4O2S/c1-20(10-13-5-7-24(22,23)8-6-13)15-11-21(12-15)17-9-14-3-2-4-16(14)18-19-17/h9,13,15H,2-8,10-12H2,1H3. The van der Waals surface area contributed by atoms with Gasteiger partial charge in [0.25, 0.3) is 0 Å². The fourth-order valence-corrected chi connectivity index (χ4v) is 5.66. The van der Waals surface area contributed by atoms with Gasteiger partial charge in [-0.15, -0.1) is 5.10 Å². The number of nitrogens with zero attached hydrogens (tertiary/aromatic N) is 4. The molecule has 0 amide bonds. The van der Waals surface area contributed by atoms with Gasteiger partial charge in [0.05, 0.1) is 17.2 Å². The number of anilines is 1. The van der Waals surface area contributed by atoms with Gasteiger partial charge in [0.1, 0.15) is 9.84 Å². The monoisotopic (exact) mass is 350 g/mol. The summed E-state index contributed by atoms with van der Waals surface area (Å²) >= 11 is 0. The normalized spacial score (nSPS) is 24.2. The van der Waals surface area contributed by atoms with Gasteiger partial charge >= 0.3 is 0 Å². The van der Waals surface area contributed by atoms with Crippen molar-refractivity contribution in [3.05, 3.63) is 17.3 Å².